The number of halogens is 1. The molecule has 0 aliphatic heterocycles. The Morgan fingerprint density at radius 1 is 0.969 bits per heavy atom. The van der Waals surface area contributed by atoms with Crippen LogP contribution in [0.15, 0.2) is 67.1 Å². The van der Waals surface area contributed by atoms with Crippen LogP contribution < -0.4 is 0 Å². The number of fused-ring (bicyclic) bond motifs is 2. The molecule has 6 aromatic rings. The molecule has 2 aromatic carbocycles. The largest absolute Gasteiger partial charge is 0.508 e. The minimum atomic E-state index is -0.486. The molecule has 0 spiro atoms. The van der Waals surface area contributed by atoms with Crippen molar-refractivity contribution in [2.75, 3.05) is 0 Å². The molecule has 0 fully saturated rings. The van der Waals surface area contributed by atoms with Gasteiger partial charge in [0.25, 0.3) is 0 Å². The van der Waals surface area contributed by atoms with Gasteiger partial charge in [0.15, 0.2) is 5.65 Å². The summed E-state index contributed by atoms with van der Waals surface area (Å²) in [4.78, 5) is 7.92. The van der Waals surface area contributed by atoms with E-state index < -0.39 is 5.82 Å². The fourth-order valence-corrected chi connectivity index (χ4v) is 4.10. The van der Waals surface area contributed by atoms with Gasteiger partial charge in [-0.15, -0.1) is 0 Å². The van der Waals surface area contributed by atoms with Gasteiger partial charge in [-0.3, -0.25) is 9.78 Å². The van der Waals surface area contributed by atoms with E-state index in [0.717, 1.165) is 50.4 Å². The van der Waals surface area contributed by atoms with Gasteiger partial charge >= 0.3 is 0 Å². The van der Waals surface area contributed by atoms with Crippen LogP contribution in [-0.4, -0.2) is 35.1 Å². The van der Waals surface area contributed by atoms with Crippen LogP contribution in [0.4, 0.5) is 4.39 Å². The number of benzene rings is 2. The minimum Gasteiger partial charge on any atom is -0.508 e. The molecule has 0 saturated heterocycles. The Labute approximate surface area is 181 Å². The molecule has 3 N–H and O–H groups in total. The maximum atomic E-state index is 13.9. The zero-order valence-electron chi connectivity index (χ0n) is 17.0. The number of phenolic OH excluding ortho intramolecular Hbond substituents is 1. The Balaban J connectivity index is 1.51. The first-order valence-electron chi connectivity index (χ1n) is 10.0. The smallest absolute Gasteiger partial charge is 0.155 e. The molecule has 0 unspecified atom stereocenters. The Morgan fingerprint density at radius 2 is 1.88 bits per heavy atom. The summed E-state index contributed by atoms with van der Waals surface area (Å²) in [5, 5.41) is 23.3. The predicted molar refractivity (Wildman–Crippen MR) is 120 cm³/mol. The molecule has 0 bridgehead atoms. The van der Waals surface area contributed by atoms with Crippen molar-refractivity contribution >= 4 is 21.9 Å². The van der Waals surface area contributed by atoms with Crippen LogP contribution in [0.2, 0.25) is 0 Å². The molecule has 4 aromatic heterocycles. The van der Waals surface area contributed by atoms with E-state index in [2.05, 4.69) is 25.3 Å². The van der Waals surface area contributed by atoms with E-state index in [0.29, 0.717) is 11.2 Å². The molecule has 7 nitrogen and oxygen atoms in total. The molecule has 0 amide bonds. The number of aromatic amines is 2. The number of aromatic hydroxyl groups is 1. The zero-order chi connectivity index (χ0) is 21.8. The van der Waals surface area contributed by atoms with E-state index in [-0.39, 0.29) is 5.75 Å². The number of nitrogens with zero attached hydrogens (tertiary/aromatic N) is 4. The number of rotatable bonds is 3. The van der Waals surface area contributed by atoms with Gasteiger partial charge in [0.2, 0.25) is 0 Å². The van der Waals surface area contributed by atoms with Gasteiger partial charge in [0.05, 0.1) is 11.9 Å². The normalized spacial score (nSPS) is 11.6. The highest BCUT2D eigenvalue weighted by Gasteiger charge is 2.15. The topological polar surface area (TPSA) is 95.4 Å². The highest BCUT2D eigenvalue weighted by Crippen LogP contribution is 2.35. The van der Waals surface area contributed by atoms with Gasteiger partial charge in [-0.1, -0.05) is 12.1 Å². The summed E-state index contributed by atoms with van der Waals surface area (Å²) in [6, 6.07) is 13.8. The number of hydrogen-bond acceptors (Lipinski definition) is 4. The summed E-state index contributed by atoms with van der Waals surface area (Å²) < 4.78 is 15.7. The molecular weight excluding hydrogens is 407 g/mol. The van der Waals surface area contributed by atoms with Crippen molar-refractivity contribution in [1.82, 2.24) is 29.9 Å². The van der Waals surface area contributed by atoms with E-state index in [1.807, 2.05) is 43.6 Å². The monoisotopic (exact) mass is 424 g/mol. The third-order valence-electron chi connectivity index (χ3n) is 5.57. The number of hydrogen-bond donors (Lipinski definition) is 3. The van der Waals surface area contributed by atoms with Crippen LogP contribution in [0.25, 0.3) is 55.6 Å². The Morgan fingerprint density at radius 3 is 2.69 bits per heavy atom. The molecule has 0 radical (unpaired) electrons. The average molecular weight is 424 g/mol. The fraction of sp³-hybridized carbons (Fsp3) is 0.0417. The number of pyridine rings is 1. The van der Waals surface area contributed by atoms with E-state index >= 15 is 0 Å². The van der Waals surface area contributed by atoms with Gasteiger partial charge in [-0.2, -0.15) is 10.2 Å². The first-order valence-corrected chi connectivity index (χ1v) is 10.0. The van der Waals surface area contributed by atoms with Gasteiger partial charge in [-0.05, 0) is 41.5 Å². The predicted octanol–water partition coefficient (Wildman–Crippen LogP) is 5.02. The molecule has 32 heavy (non-hydrogen) atoms. The second kappa shape index (κ2) is 6.78. The van der Waals surface area contributed by atoms with E-state index in [9.17, 15) is 9.50 Å². The summed E-state index contributed by atoms with van der Waals surface area (Å²) in [6.07, 6.45) is 5.53. The van der Waals surface area contributed by atoms with E-state index in [1.54, 1.807) is 23.1 Å². The minimum absolute atomic E-state index is 0.111. The quantitative estimate of drug-likeness (QED) is 0.372. The van der Waals surface area contributed by atoms with Crippen LogP contribution in [0.1, 0.15) is 0 Å². The Bertz CT molecular complexity index is 1610. The van der Waals surface area contributed by atoms with Crippen molar-refractivity contribution in [1.29, 1.82) is 0 Å². The summed E-state index contributed by atoms with van der Waals surface area (Å²) >= 11 is 0. The molecule has 0 aliphatic carbocycles. The highest BCUT2D eigenvalue weighted by molar-refractivity contribution is 6.01. The molecule has 156 valence electrons. The molecule has 0 aliphatic rings. The van der Waals surface area contributed by atoms with Crippen molar-refractivity contribution in [2.45, 2.75) is 0 Å². The second-order valence-corrected chi connectivity index (χ2v) is 7.74. The lowest BCUT2D eigenvalue weighted by atomic mass is 10.0. The number of nitrogens with one attached hydrogen (secondary N) is 2. The lowest BCUT2D eigenvalue weighted by molar-refractivity contribution is 0.469. The molecule has 0 atom stereocenters. The summed E-state index contributed by atoms with van der Waals surface area (Å²) in [5.74, 6) is -0.597. The zero-order valence-corrected chi connectivity index (χ0v) is 17.0. The van der Waals surface area contributed by atoms with Gasteiger partial charge in [-0.25, -0.2) is 9.37 Å². The Kier molecular flexibility index (Phi) is 3.88. The summed E-state index contributed by atoms with van der Waals surface area (Å²) in [7, 11) is 1.87. The average Bonchev–Trinajstić information content (AvgIpc) is 3.49. The van der Waals surface area contributed by atoms with Crippen molar-refractivity contribution in [3.05, 3.63) is 72.9 Å². The second-order valence-electron chi connectivity index (χ2n) is 7.74. The highest BCUT2D eigenvalue weighted by atomic mass is 19.1. The third-order valence-corrected chi connectivity index (χ3v) is 5.57. The van der Waals surface area contributed by atoms with Crippen molar-refractivity contribution < 1.29 is 9.50 Å². The van der Waals surface area contributed by atoms with Gasteiger partial charge < -0.3 is 10.1 Å². The third kappa shape index (κ3) is 2.92. The van der Waals surface area contributed by atoms with Crippen molar-refractivity contribution in [2.24, 2.45) is 7.05 Å². The lowest BCUT2D eigenvalue weighted by Crippen LogP contribution is -1.84. The van der Waals surface area contributed by atoms with Crippen molar-refractivity contribution in [3.63, 3.8) is 0 Å². The first-order chi connectivity index (χ1) is 15.5. The maximum Gasteiger partial charge on any atom is 0.155 e. The van der Waals surface area contributed by atoms with Crippen LogP contribution in [0.3, 0.4) is 0 Å². The van der Waals surface area contributed by atoms with Crippen LogP contribution in [0.5, 0.6) is 5.75 Å². The summed E-state index contributed by atoms with van der Waals surface area (Å²) in [6.45, 7) is 0. The van der Waals surface area contributed by atoms with Gasteiger partial charge in [0.1, 0.15) is 17.3 Å². The van der Waals surface area contributed by atoms with Gasteiger partial charge in [0, 0.05) is 52.9 Å². The first kappa shape index (κ1) is 18.3. The van der Waals surface area contributed by atoms with Crippen molar-refractivity contribution in [3.8, 4) is 39.4 Å². The van der Waals surface area contributed by atoms with E-state index in [1.165, 1.54) is 6.07 Å². The Hall–Kier alpha value is -4.46. The summed E-state index contributed by atoms with van der Waals surface area (Å²) in [5.41, 5.74) is 6.45. The molecule has 6 rings (SSSR count). The molecule has 8 heteroatoms. The molecular formula is C24H17FN6O. The number of aromatic nitrogens is 6. The van der Waals surface area contributed by atoms with Crippen LogP contribution in [0, 0.1) is 5.82 Å². The SMILES string of the molecule is Cn1cc(-c2cnc3[nH]nc(-c4cc5c(-c6cc(O)cc(F)c6)cccc5[nH]4)c3c2)cn1. The maximum absolute atomic E-state index is 13.9. The lowest BCUT2D eigenvalue weighted by Gasteiger charge is -2.05. The van der Waals surface area contributed by atoms with E-state index in [4.69, 9.17) is 0 Å². The van der Waals surface area contributed by atoms with Crippen LogP contribution in [-0.2, 0) is 7.05 Å². The fourth-order valence-electron chi connectivity index (χ4n) is 4.10. The molecule has 0 saturated carbocycles. The van der Waals surface area contributed by atoms with Crippen LogP contribution >= 0.6 is 0 Å². The molecule has 4 heterocycles. The standard InChI is InChI=1S/C24H17FN6O/c1-31-12-15(11-27-31)14-7-20-23(29-30-24(20)26-10-14)22-9-19-18(3-2-4-21(19)28-22)13-5-16(25)8-17(32)6-13/h2-12,28,32H,1H3,(H,26,29,30). The number of H-pyrrole nitrogens is 2. The number of aryl methyl sites for hydroxylation is 1. The number of phenols is 1.